The number of anilines is 1. The van der Waals surface area contributed by atoms with E-state index in [1.165, 1.54) is 12.1 Å². The number of aromatic nitrogens is 2. The third-order valence-corrected chi connectivity index (χ3v) is 5.41. The van der Waals surface area contributed by atoms with Gasteiger partial charge in [-0.05, 0) is 36.0 Å². The van der Waals surface area contributed by atoms with E-state index < -0.39 is 15.6 Å². The first-order chi connectivity index (χ1) is 10.0. The molecule has 21 heavy (non-hydrogen) atoms. The summed E-state index contributed by atoms with van der Waals surface area (Å²) in [5.41, 5.74) is 0.529. The molecular weight excluding hydrogens is 312 g/mol. The number of hydrogen-bond acceptors (Lipinski definition) is 6. The van der Waals surface area contributed by atoms with Crippen LogP contribution in [0.3, 0.4) is 0 Å². The van der Waals surface area contributed by atoms with E-state index >= 15 is 0 Å². The van der Waals surface area contributed by atoms with Crippen LogP contribution in [0, 0.1) is 0 Å². The maximum atomic E-state index is 12.2. The lowest BCUT2D eigenvalue weighted by molar-refractivity contribution is 0.602. The van der Waals surface area contributed by atoms with Crippen LogP contribution in [0.25, 0.3) is 0 Å². The van der Waals surface area contributed by atoms with E-state index in [1.54, 1.807) is 11.4 Å². The number of aromatic amines is 1. The van der Waals surface area contributed by atoms with Crippen LogP contribution in [-0.2, 0) is 16.6 Å². The molecule has 0 radical (unpaired) electrons. The fraction of sp³-hybridized carbons (Fsp3) is 0.333. The fourth-order valence-electron chi connectivity index (χ4n) is 1.59. The van der Waals surface area contributed by atoms with Crippen LogP contribution in [-0.4, -0.2) is 25.2 Å². The molecule has 0 saturated heterocycles. The highest BCUT2D eigenvalue weighted by molar-refractivity contribution is 7.94. The Morgan fingerprint density at radius 1 is 1.38 bits per heavy atom. The topological polar surface area (TPSA) is 104 Å². The van der Waals surface area contributed by atoms with E-state index in [2.05, 4.69) is 27.2 Å². The number of H-pyrrole nitrogens is 1. The Bertz CT molecular complexity index is 731. The Hall–Kier alpha value is -1.71. The molecule has 0 aliphatic carbocycles. The van der Waals surface area contributed by atoms with Crippen molar-refractivity contribution in [1.29, 1.82) is 0 Å². The Balaban J connectivity index is 2.08. The maximum absolute atomic E-state index is 12.2. The van der Waals surface area contributed by atoms with Crippen LogP contribution in [0.1, 0.15) is 18.9 Å². The summed E-state index contributed by atoms with van der Waals surface area (Å²) in [6, 6.07) is 4.15. The average molecular weight is 328 g/mol. The van der Waals surface area contributed by atoms with Gasteiger partial charge in [-0.3, -0.25) is 9.52 Å². The molecule has 9 heteroatoms. The normalized spacial score (nSPS) is 11.5. The number of nitrogens with one attached hydrogen (secondary N) is 3. The summed E-state index contributed by atoms with van der Waals surface area (Å²) in [6.45, 7) is 3.59. The molecule has 2 rings (SSSR count). The quantitative estimate of drug-likeness (QED) is 0.661. The van der Waals surface area contributed by atoms with Crippen LogP contribution >= 0.6 is 11.3 Å². The van der Waals surface area contributed by atoms with Crippen molar-refractivity contribution < 1.29 is 8.42 Å². The largest absolute Gasteiger partial charge is 0.313 e. The summed E-state index contributed by atoms with van der Waals surface area (Å²) in [4.78, 5) is 10.9. The zero-order chi connectivity index (χ0) is 15.3. The zero-order valence-corrected chi connectivity index (χ0v) is 13.1. The van der Waals surface area contributed by atoms with Crippen molar-refractivity contribution in [3.8, 4) is 0 Å². The van der Waals surface area contributed by atoms with E-state index in [1.807, 2.05) is 0 Å². The van der Waals surface area contributed by atoms with Crippen molar-refractivity contribution in [1.82, 2.24) is 15.5 Å². The van der Waals surface area contributed by atoms with Gasteiger partial charge in [-0.2, -0.15) is 5.10 Å². The predicted octanol–water partition coefficient (Wildman–Crippen LogP) is 1.13. The number of thiophene rings is 1. The molecule has 0 aliphatic heterocycles. The van der Waals surface area contributed by atoms with Crippen LogP contribution in [0.5, 0.6) is 0 Å². The third kappa shape index (κ3) is 4.38. The van der Waals surface area contributed by atoms with E-state index in [-0.39, 0.29) is 10.0 Å². The molecule has 0 atom stereocenters. The molecule has 0 fully saturated rings. The highest BCUT2D eigenvalue weighted by Gasteiger charge is 2.17. The first-order valence-electron chi connectivity index (χ1n) is 6.38. The van der Waals surface area contributed by atoms with Crippen molar-refractivity contribution in [3.63, 3.8) is 0 Å². The lowest BCUT2D eigenvalue weighted by Crippen LogP contribution is -2.16. The number of hydrogen-bond donors (Lipinski definition) is 3. The zero-order valence-electron chi connectivity index (χ0n) is 11.4. The van der Waals surface area contributed by atoms with E-state index in [9.17, 15) is 13.2 Å². The van der Waals surface area contributed by atoms with Gasteiger partial charge in [0, 0.05) is 12.6 Å². The van der Waals surface area contributed by atoms with Gasteiger partial charge in [0.1, 0.15) is 4.21 Å². The first-order valence-corrected chi connectivity index (χ1v) is 8.74. The summed E-state index contributed by atoms with van der Waals surface area (Å²) in [5.74, 6) is 0.0775. The lowest BCUT2D eigenvalue weighted by Gasteiger charge is -2.04. The van der Waals surface area contributed by atoms with Crippen molar-refractivity contribution >= 4 is 27.2 Å². The van der Waals surface area contributed by atoms with Gasteiger partial charge in [-0.15, -0.1) is 11.3 Å². The monoisotopic (exact) mass is 328 g/mol. The summed E-state index contributed by atoms with van der Waals surface area (Å²) in [5, 5.41) is 10.8. The summed E-state index contributed by atoms with van der Waals surface area (Å²) in [6.07, 6.45) is 1.02. The Morgan fingerprint density at radius 3 is 2.86 bits per heavy atom. The second-order valence-electron chi connectivity index (χ2n) is 4.36. The Morgan fingerprint density at radius 2 is 2.19 bits per heavy atom. The maximum Gasteiger partial charge on any atom is 0.272 e. The van der Waals surface area contributed by atoms with Gasteiger partial charge in [-0.1, -0.05) is 6.92 Å². The number of sulfonamides is 1. The smallest absolute Gasteiger partial charge is 0.272 e. The van der Waals surface area contributed by atoms with E-state index in [4.69, 9.17) is 0 Å². The van der Waals surface area contributed by atoms with Gasteiger partial charge in [0.25, 0.3) is 15.6 Å². The number of nitrogens with zero attached hydrogens (tertiary/aromatic N) is 1. The Kier molecular flexibility index (Phi) is 5.10. The average Bonchev–Trinajstić information content (AvgIpc) is 2.91. The lowest BCUT2D eigenvalue weighted by atomic mass is 10.3. The molecule has 0 saturated carbocycles. The fourth-order valence-corrected chi connectivity index (χ4v) is 3.80. The molecule has 2 heterocycles. The molecule has 0 spiro atoms. The highest BCUT2D eigenvalue weighted by Crippen LogP contribution is 2.22. The molecule has 7 nitrogen and oxygen atoms in total. The molecule has 0 bridgehead atoms. The van der Waals surface area contributed by atoms with E-state index in [0.717, 1.165) is 29.9 Å². The summed E-state index contributed by atoms with van der Waals surface area (Å²) < 4.78 is 26.9. The van der Waals surface area contributed by atoms with Crippen LogP contribution in [0.4, 0.5) is 5.82 Å². The van der Waals surface area contributed by atoms with Gasteiger partial charge in [0.2, 0.25) is 0 Å². The number of rotatable bonds is 7. The highest BCUT2D eigenvalue weighted by atomic mass is 32.2. The van der Waals surface area contributed by atoms with Crippen LogP contribution < -0.4 is 15.6 Å². The summed E-state index contributed by atoms with van der Waals surface area (Å²) in [7, 11) is -3.68. The molecule has 0 amide bonds. The van der Waals surface area contributed by atoms with E-state index in [0.29, 0.717) is 6.54 Å². The minimum absolute atomic E-state index is 0.0775. The predicted molar refractivity (Wildman–Crippen MR) is 82.0 cm³/mol. The SMILES string of the molecule is CCCNCc1csc(S(=O)(=O)Nc2ccc(=O)[nH]n2)c1. The van der Waals surface area contributed by atoms with Gasteiger partial charge < -0.3 is 5.32 Å². The second-order valence-corrected chi connectivity index (χ2v) is 7.18. The molecule has 0 unspecified atom stereocenters. The van der Waals surface area contributed by atoms with Crippen molar-refractivity contribution in [2.75, 3.05) is 11.3 Å². The summed E-state index contributed by atoms with van der Waals surface area (Å²) >= 11 is 1.15. The van der Waals surface area contributed by atoms with Gasteiger partial charge in [0.05, 0.1) is 0 Å². The molecule has 0 aromatic carbocycles. The van der Waals surface area contributed by atoms with Crippen LogP contribution in [0.2, 0.25) is 0 Å². The molecule has 2 aromatic heterocycles. The van der Waals surface area contributed by atoms with Crippen molar-refractivity contribution in [3.05, 3.63) is 39.5 Å². The minimum Gasteiger partial charge on any atom is -0.313 e. The molecule has 2 aromatic rings. The minimum atomic E-state index is -3.68. The standard InChI is InChI=1S/C12H16N4O3S2/c1-2-5-13-7-9-6-12(20-8-9)21(18,19)16-10-3-4-11(17)15-14-10/h3-4,6,8,13H,2,5,7H2,1H3,(H,14,16)(H,15,17). The van der Waals surface area contributed by atoms with Crippen molar-refractivity contribution in [2.45, 2.75) is 24.1 Å². The molecule has 0 aliphatic rings. The Labute approximate surface area is 126 Å². The van der Waals surface area contributed by atoms with Gasteiger partial charge in [-0.25, -0.2) is 13.5 Å². The molecule has 114 valence electrons. The molecular formula is C12H16N4O3S2. The second kappa shape index (κ2) is 6.83. The van der Waals surface area contributed by atoms with Crippen molar-refractivity contribution in [2.24, 2.45) is 0 Å². The van der Waals surface area contributed by atoms with Gasteiger partial charge >= 0.3 is 0 Å². The van der Waals surface area contributed by atoms with Gasteiger partial charge in [0.15, 0.2) is 5.82 Å². The molecule has 3 N–H and O–H groups in total. The third-order valence-electron chi connectivity index (χ3n) is 2.57. The van der Waals surface area contributed by atoms with Crippen LogP contribution in [0.15, 0.2) is 32.6 Å². The first kappa shape index (κ1) is 15.7.